The van der Waals surface area contributed by atoms with Crippen LogP contribution in [0.2, 0.25) is 0 Å². The van der Waals surface area contributed by atoms with Crippen LogP contribution in [-0.4, -0.2) is 45.9 Å². The van der Waals surface area contributed by atoms with E-state index >= 15 is 0 Å². The standard InChI is InChI=1S/C14H33N3O2S.ClH/c1-13(2)7-11-17(12-8-14(3)4)20(18,19)16-10-6-9-15-5;/h13-16H,6-12H2,1-5H3;1H. The van der Waals surface area contributed by atoms with Crippen LogP contribution in [0.5, 0.6) is 0 Å². The smallest absolute Gasteiger partial charge is 0.279 e. The highest BCUT2D eigenvalue weighted by Crippen LogP contribution is 2.09. The molecule has 0 atom stereocenters. The quantitative estimate of drug-likeness (QED) is 0.534. The monoisotopic (exact) mass is 343 g/mol. The van der Waals surface area contributed by atoms with Gasteiger partial charge in [0.25, 0.3) is 10.2 Å². The molecule has 0 rings (SSSR count). The average molecular weight is 344 g/mol. The van der Waals surface area contributed by atoms with Gasteiger partial charge in [0.1, 0.15) is 0 Å². The van der Waals surface area contributed by atoms with Gasteiger partial charge >= 0.3 is 0 Å². The summed E-state index contributed by atoms with van der Waals surface area (Å²) in [5.41, 5.74) is 0. The molecule has 7 heteroatoms. The predicted molar refractivity (Wildman–Crippen MR) is 93.2 cm³/mol. The molecule has 0 aliphatic heterocycles. The van der Waals surface area contributed by atoms with Crippen molar-refractivity contribution in [2.45, 2.75) is 47.0 Å². The minimum atomic E-state index is -3.34. The van der Waals surface area contributed by atoms with Gasteiger partial charge in [-0.15, -0.1) is 12.4 Å². The van der Waals surface area contributed by atoms with Crippen LogP contribution < -0.4 is 10.0 Å². The molecule has 0 aromatic rings. The molecule has 0 radical (unpaired) electrons. The minimum absolute atomic E-state index is 0. The zero-order chi connectivity index (χ0) is 15.6. The van der Waals surface area contributed by atoms with Crippen LogP contribution in [0.15, 0.2) is 0 Å². The maximum Gasteiger partial charge on any atom is 0.279 e. The second kappa shape index (κ2) is 12.6. The van der Waals surface area contributed by atoms with Gasteiger partial charge in [0.2, 0.25) is 0 Å². The van der Waals surface area contributed by atoms with Crippen molar-refractivity contribution < 1.29 is 8.42 Å². The molecule has 0 unspecified atom stereocenters. The number of halogens is 1. The highest BCUT2D eigenvalue weighted by molar-refractivity contribution is 7.87. The summed E-state index contributed by atoms with van der Waals surface area (Å²) in [6.45, 7) is 11.0. The summed E-state index contributed by atoms with van der Waals surface area (Å²) in [6, 6.07) is 0. The molecular formula is C14H34ClN3O2S. The molecule has 0 saturated carbocycles. The van der Waals surface area contributed by atoms with Crippen LogP contribution in [0.4, 0.5) is 0 Å². The Morgan fingerprint density at radius 2 is 1.43 bits per heavy atom. The number of nitrogens with zero attached hydrogens (tertiary/aromatic N) is 1. The first-order valence-corrected chi connectivity index (χ1v) is 9.13. The lowest BCUT2D eigenvalue weighted by molar-refractivity contribution is 0.352. The van der Waals surface area contributed by atoms with E-state index in [0.717, 1.165) is 25.8 Å². The van der Waals surface area contributed by atoms with Gasteiger partial charge in [0.05, 0.1) is 0 Å². The second-order valence-electron chi connectivity index (χ2n) is 6.12. The Morgan fingerprint density at radius 1 is 0.952 bits per heavy atom. The van der Waals surface area contributed by atoms with Gasteiger partial charge in [-0.2, -0.15) is 12.7 Å². The fourth-order valence-corrected chi connectivity index (χ4v) is 2.99. The molecular weight excluding hydrogens is 310 g/mol. The molecule has 0 aromatic carbocycles. The van der Waals surface area contributed by atoms with Crippen LogP contribution in [0.25, 0.3) is 0 Å². The van der Waals surface area contributed by atoms with Gasteiger partial charge in [0, 0.05) is 19.6 Å². The van der Waals surface area contributed by atoms with Crippen molar-refractivity contribution in [3.05, 3.63) is 0 Å². The molecule has 0 saturated heterocycles. The Kier molecular flexibility index (Phi) is 14.1. The van der Waals surface area contributed by atoms with Gasteiger partial charge in [-0.05, 0) is 44.7 Å². The van der Waals surface area contributed by atoms with Crippen molar-refractivity contribution in [1.29, 1.82) is 0 Å². The Bertz CT molecular complexity index is 323. The Hall–Kier alpha value is 0.120. The molecule has 0 aliphatic rings. The van der Waals surface area contributed by atoms with E-state index in [4.69, 9.17) is 0 Å². The largest absolute Gasteiger partial charge is 0.320 e. The molecule has 130 valence electrons. The fourth-order valence-electron chi connectivity index (χ4n) is 1.71. The van der Waals surface area contributed by atoms with Gasteiger partial charge in [-0.1, -0.05) is 27.7 Å². The van der Waals surface area contributed by atoms with E-state index in [9.17, 15) is 8.42 Å². The third-order valence-electron chi connectivity index (χ3n) is 3.14. The maximum absolute atomic E-state index is 12.3. The first-order chi connectivity index (χ1) is 9.29. The average Bonchev–Trinajstić information content (AvgIpc) is 2.33. The van der Waals surface area contributed by atoms with Crippen molar-refractivity contribution in [3.63, 3.8) is 0 Å². The lowest BCUT2D eigenvalue weighted by atomic mass is 10.1. The van der Waals surface area contributed by atoms with Gasteiger partial charge < -0.3 is 5.32 Å². The zero-order valence-corrected chi connectivity index (χ0v) is 15.8. The first-order valence-electron chi connectivity index (χ1n) is 7.69. The van der Waals surface area contributed by atoms with E-state index in [1.807, 2.05) is 7.05 Å². The molecule has 0 amide bonds. The highest BCUT2D eigenvalue weighted by Gasteiger charge is 2.21. The highest BCUT2D eigenvalue weighted by atomic mass is 35.5. The summed E-state index contributed by atoms with van der Waals surface area (Å²) in [7, 11) is -1.47. The maximum atomic E-state index is 12.3. The van der Waals surface area contributed by atoms with Crippen LogP contribution in [0.3, 0.4) is 0 Å². The van der Waals surface area contributed by atoms with E-state index in [1.165, 1.54) is 0 Å². The summed E-state index contributed by atoms with van der Waals surface area (Å²) in [4.78, 5) is 0. The minimum Gasteiger partial charge on any atom is -0.320 e. The lowest BCUT2D eigenvalue weighted by Crippen LogP contribution is -2.43. The molecule has 0 fully saturated rings. The molecule has 2 N–H and O–H groups in total. The summed E-state index contributed by atoms with van der Waals surface area (Å²) in [5, 5.41) is 3.01. The Labute approximate surface area is 137 Å². The Morgan fingerprint density at radius 3 is 1.81 bits per heavy atom. The zero-order valence-electron chi connectivity index (χ0n) is 14.2. The van der Waals surface area contributed by atoms with E-state index in [1.54, 1.807) is 4.31 Å². The molecule has 21 heavy (non-hydrogen) atoms. The van der Waals surface area contributed by atoms with E-state index in [0.29, 0.717) is 31.5 Å². The van der Waals surface area contributed by atoms with E-state index < -0.39 is 10.2 Å². The number of nitrogens with one attached hydrogen (secondary N) is 2. The SMILES string of the molecule is CNCCCNS(=O)(=O)N(CCC(C)C)CCC(C)C.Cl. The number of hydrogen-bond donors (Lipinski definition) is 2. The molecule has 0 heterocycles. The third kappa shape index (κ3) is 12.4. The molecule has 0 bridgehead atoms. The first kappa shape index (κ1) is 23.4. The van der Waals surface area contributed by atoms with Crippen molar-refractivity contribution in [2.24, 2.45) is 11.8 Å². The molecule has 0 aliphatic carbocycles. The molecule has 0 spiro atoms. The van der Waals surface area contributed by atoms with Crippen LogP contribution >= 0.6 is 12.4 Å². The second-order valence-corrected chi connectivity index (χ2v) is 7.88. The van der Waals surface area contributed by atoms with Gasteiger partial charge in [0.15, 0.2) is 0 Å². The van der Waals surface area contributed by atoms with Gasteiger partial charge in [-0.25, -0.2) is 4.72 Å². The summed E-state index contributed by atoms with van der Waals surface area (Å²) in [6.07, 6.45) is 2.60. The van der Waals surface area contributed by atoms with Crippen LogP contribution in [0, 0.1) is 11.8 Å². The number of hydrogen-bond acceptors (Lipinski definition) is 3. The van der Waals surface area contributed by atoms with E-state index in [2.05, 4.69) is 37.7 Å². The Balaban J connectivity index is 0. The molecule has 0 aromatic heterocycles. The summed E-state index contributed by atoms with van der Waals surface area (Å²) >= 11 is 0. The van der Waals surface area contributed by atoms with Crippen LogP contribution in [0.1, 0.15) is 47.0 Å². The van der Waals surface area contributed by atoms with Gasteiger partial charge in [-0.3, -0.25) is 0 Å². The normalized spacial score (nSPS) is 12.2. The van der Waals surface area contributed by atoms with Crippen LogP contribution in [-0.2, 0) is 10.2 Å². The molecule has 5 nitrogen and oxygen atoms in total. The van der Waals surface area contributed by atoms with E-state index in [-0.39, 0.29) is 12.4 Å². The lowest BCUT2D eigenvalue weighted by Gasteiger charge is -2.24. The predicted octanol–water partition coefficient (Wildman–Crippen LogP) is 2.25. The topological polar surface area (TPSA) is 61.4 Å². The van der Waals surface area contributed by atoms with Crippen molar-refractivity contribution in [2.75, 3.05) is 33.2 Å². The summed E-state index contributed by atoms with van der Waals surface area (Å²) < 4.78 is 28.9. The van der Waals surface area contributed by atoms with Crippen molar-refractivity contribution in [3.8, 4) is 0 Å². The third-order valence-corrected chi connectivity index (χ3v) is 4.75. The number of rotatable bonds is 12. The van der Waals surface area contributed by atoms with Crippen molar-refractivity contribution in [1.82, 2.24) is 14.3 Å². The fraction of sp³-hybridized carbons (Fsp3) is 1.00. The van der Waals surface area contributed by atoms with Crippen molar-refractivity contribution >= 4 is 22.6 Å². The summed E-state index contributed by atoms with van der Waals surface area (Å²) in [5.74, 6) is 1.02.